The second-order valence-electron chi connectivity index (χ2n) is 5.87. The third kappa shape index (κ3) is 5.90. The SMILES string of the molecule is CC(C)NC(=O)CN(C)C(=O)CSc1ncc(-c2ccc(F)cc2)[nH]1. The van der Waals surface area contributed by atoms with Crippen LogP contribution in [0.1, 0.15) is 13.8 Å². The predicted octanol–water partition coefficient (Wildman–Crippen LogP) is 2.29. The molecule has 0 saturated heterocycles. The fraction of sp³-hybridized carbons (Fsp3) is 0.353. The van der Waals surface area contributed by atoms with E-state index in [1.54, 1.807) is 25.4 Å². The molecule has 2 aromatic rings. The topological polar surface area (TPSA) is 78.1 Å². The van der Waals surface area contributed by atoms with E-state index in [9.17, 15) is 14.0 Å². The van der Waals surface area contributed by atoms with Crippen molar-refractivity contribution in [2.24, 2.45) is 0 Å². The van der Waals surface area contributed by atoms with Crippen LogP contribution in [0.15, 0.2) is 35.6 Å². The van der Waals surface area contributed by atoms with Crippen molar-refractivity contribution in [1.29, 1.82) is 0 Å². The van der Waals surface area contributed by atoms with E-state index in [4.69, 9.17) is 0 Å². The zero-order valence-corrected chi connectivity index (χ0v) is 15.2. The van der Waals surface area contributed by atoms with E-state index >= 15 is 0 Å². The lowest BCUT2D eigenvalue weighted by molar-refractivity contribution is -0.132. The van der Waals surface area contributed by atoms with Crippen LogP contribution in [0.25, 0.3) is 11.3 Å². The Kier molecular flexibility index (Phi) is 6.58. The minimum Gasteiger partial charge on any atom is -0.352 e. The number of amides is 2. The average Bonchev–Trinajstić information content (AvgIpc) is 3.01. The molecule has 0 bridgehead atoms. The van der Waals surface area contributed by atoms with Gasteiger partial charge in [-0.1, -0.05) is 11.8 Å². The minimum atomic E-state index is -0.298. The highest BCUT2D eigenvalue weighted by Crippen LogP contribution is 2.21. The molecule has 0 aliphatic carbocycles. The van der Waals surface area contributed by atoms with Crippen LogP contribution < -0.4 is 5.32 Å². The van der Waals surface area contributed by atoms with Crippen LogP contribution in [0, 0.1) is 5.82 Å². The van der Waals surface area contributed by atoms with Crippen LogP contribution in [0.3, 0.4) is 0 Å². The van der Waals surface area contributed by atoms with Gasteiger partial charge in [0.15, 0.2) is 5.16 Å². The molecule has 2 N–H and O–H groups in total. The highest BCUT2D eigenvalue weighted by Gasteiger charge is 2.14. The zero-order chi connectivity index (χ0) is 18.4. The highest BCUT2D eigenvalue weighted by molar-refractivity contribution is 7.99. The molecule has 25 heavy (non-hydrogen) atoms. The summed E-state index contributed by atoms with van der Waals surface area (Å²) in [6.07, 6.45) is 1.64. The minimum absolute atomic E-state index is 0.0244. The van der Waals surface area contributed by atoms with Gasteiger partial charge in [-0.25, -0.2) is 9.37 Å². The number of likely N-dealkylation sites (N-methyl/N-ethyl adjacent to an activating group) is 1. The number of hydrogen-bond donors (Lipinski definition) is 2. The van der Waals surface area contributed by atoms with Crippen LogP contribution in [-0.2, 0) is 9.59 Å². The van der Waals surface area contributed by atoms with Gasteiger partial charge in [-0.15, -0.1) is 0 Å². The molecule has 0 atom stereocenters. The first-order valence-electron chi connectivity index (χ1n) is 7.82. The summed E-state index contributed by atoms with van der Waals surface area (Å²) >= 11 is 1.25. The van der Waals surface area contributed by atoms with Crippen molar-refractivity contribution in [1.82, 2.24) is 20.2 Å². The van der Waals surface area contributed by atoms with E-state index in [2.05, 4.69) is 15.3 Å². The Labute approximate surface area is 150 Å². The summed E-state index contributed by atoms with van der Waals surface area (Å²) in [6.45, 7) is 3.76. The van der Waals surface area contributed by atoms with Gasteiger partial charge in [-0.05, 0) is 43.7 Å². The molecule has 1 heterocycles. The molecular formula is C17H21FN4O2S. The van der Waals surface area contributed by atoms with Crippen molar-refractivity contribution in [2.45, 2.75) is 25.0 Å². The lowest BCUT2D eigenvalue weighted by Crippen LogP contribution is -2.41. The molecule has 0 aliphatic rings. The van der Waals surface area contributed by atoms with E-state index in [1.165, 1.54) is 28.8 Å². The molecule has 2 amide bonds. The summed E-state index contributed by atoms with van der Waals surface area (Å²) in [5.41, 5.74) is 1.56. The third-order valence-electron chi connectivity index (χ3n) is 3.30. The van der Waals surface area contributed by atoms with Gasteiger partial charge in [0, 0.05) is 13.1 Å². The summed E-state index contributed by atoms with van der Waals surface area (Å²) in [7, 11) is 1.59. The van der Waals surface area contributed by atoms with E-state index < -0.39 is 0 Å². The van der Waals surface area contributed by atoms with Gasteiger partial charge in [0.2, 0.25) is 11.8 Å². The molecule has 0 aliphatic heterocycles. The second kappa shape index (κ2) is 8.66. The number of thioether (sulfide) groups is 1. The van der Waals surface area contributed by atoms with Crippen LogP contribution in [0.4, 0.5) is 4.39 Å². The fourth-order valence-electron chi connectivity index (χ4n) is 2.06. The first kappa shape index (κ1) is 19.0. The van der Waals surface area contributed by atoms with Crippen molar-refractivity contribution >= 4 is 23.6 Å². The standard InChI is InChI=1S/C17H21FN4O2S/c1-11(2)20-15(23)9-22(3)16(24)10-25-17-19-8-14(21-17)12-4-6-13(18)7-5-12/h4-8,11H,9-10H2,1-3H3,(H,19,21)(H,20,23). The largest absolute Gasteiger partial charge is 0.352 e. The Bertz CT molecular complexity index is 731. The van der Waals surface area contributed by atoms with Gasteiger partial charge < -0.3 is 15.2 Å². The number of hydrogen-bond acceptors (Lipinski definition) is 4. The number of carbonyl (C=O) groups is 2. The molecule has 0 saturated carbocycles. The van der Waals surface area contributed by atoms with Gasteiger partial charge >= 0.3 is 0 Å². The lowest BCUT2D eigenvalue weighted by Gasteiger charge is -2.17. The lowest BCUT2D eigenvalue weighted by atomic mass is 10.2. The van der Waals surface area contributed by atoms with Gasteiger partial charge in [0.25, 0.3) is 0 Å². The summed E-state index contributed by atoms with van der Waals surface area (Å²) in [6, 6.07) is 6.11. The molecule has 2 rings (SSSR count). The maximum absolute atomic E-state index is 13.0. The number of nitrogens with zero attached hydrogens (tertiary/aromatic N) is 2. The second-order valence-corrected chi connectivity index (χ2v) is 6.83. The molecule has 0 spiro atoms. The zero-order valence-electron chi connectivity index (χ0n) is 14.4. The number of rotatable bonds is 7. The summed E-state index contributed by atoms with van der Waals surface area (Å²) < 4.78 is 13.0. The van der Waals surface area contributed by atoms with Gasteiger partial charge in [0.05, 0.1) is 24.2 Å². The molecule has 1 aromatic heterocycles. The van der Waals surface area contributed by atoms with Gasteiger partial charge in [0.1, 0.15) is 5.82 Å². The van der Waals surface area contributed by atoms with Crippen LogP contribution >= 0.6 is 11.8 Å². The van der Waals surface area contributed by atoms with Crippen LogP contribution in [0.5, 0.6) is 0 Å². The molecule has 6 nitrogen and oxygen atoms in total. The smallest absolute Gasteiger partial charge is 0.239 e. The van der Waals surface area contributed by atoms with Crippen LogP contribution in [0.2, 0.25) is 0 Å². The summed E-state index contributed by atoms with van der Waals surface area (Å²) in [5.74, 6) is -0.481. The van der Waals surface area contributed by atoms with Crippen molar-refractivity contribution in [3.8, 4) is 11.3 Å². The maximum Gasteiger partial charge on any atom is 0.239 e. The number of aromatic nitrogens is 2. The van der Waals surface area contributed by atoms with E-state index in [-0.39, 0.29) is 36.0 Å². The number of imidazole rings is 1. The molecule has 0 fully saturated rings. The molecule has 134 valence electrons. The fourth-order valence-corrected chi connectivity index (χ4v) is 2.85. The molecule has 1 aromatic carbocycles. The normalized spacial score (nSPS) is 10.8. The van der Waals surface area contributed by atoms with Gasteiger partial charge in [-0.3, -0.25) is 9.59 Å². The van der Waals surface area contributed by atoms with E-state index in [0.29, 0.717) is 5.16 Å². The number of halogens is 1. The Hall–Kier alpha value is -2.35. The Balaban J connectivity index is 1.85. The first-order valence-corrected chi connectivity index (χ1v) is 8.81. The molecule has 8 heteroatoms. The number of H-pyrrole nitrogens is 1. The molecule has 0 radical (unpaired) electrons. The Morgan fingerprint density at radius 3 is 2.64 bits per heavy atom. The third-order valence-corrected chi connectivity index (χ3v) is 4.17. The quantitative estimate of drug-likeness (QED) is 0.739. The Morgan fingerprint density at radius 1 is 1.32 bits per heavy atom. The van der Waals surface area contributed by atoms with Crippen molar-refractivity contribution in [2.75, 3.05) is 19.3 Å². The van der Waals surface area contributed by atoms with E-state index in [1.807, 2.05) is 13.8 Å². The summed E-state index contributed by atoms with van der Waals surface area (Å²) in [5, 5.41) is 3.33. The summed E-state index contributed by atoms with van der Waals surface area (Å²) in [4.78, 5) is 32.4. The number of nitrogens with one attached hydrogen (secondary N) is 2. The monoisotopic (exact) mass is 364 g/mol. The highest BCUT2D eigenvalue weighted by atomic mass is 32.2. The first-order chi connectivity index (χ1) is 11.8. The van der Waals surface area contributed by atoms with Crippen molar-refractivity contribution in [3.05, 3.63) is 36.3 Å². The number of aromatic amines is 1. The van der Waals surface area contributed by atoms with Crippen molar-refractivity contribution in [3.63, 3.8) is 0 Å². The predicted molar refractivity (Wildman–Crippen MR) is 95.6 cm³/mol. The number of benzene rings is 1. The molecule has 0 unspecified atom stereocenters. The van der Waals surface area contributed by atoms with Crippen LogP contribution in [-0.4, -0.2) is 52.1 Å². The maximum atomic E-state index is 13.0. The molecular weight excluding hydrogens is 343 g/mol. The van der Waals surface area contributed by atoms with Gasteiger partial charge in [-0.2, -0.15) is 0 Å². The number of carbonyl (C=O) groups excluding carboxylic acids is 2. The van der Waals surface area contributed by atoms with E-state index in [0.717, 1.165) is 11.3 Å². The average molecular weight is 364 g/mol. The Morgan fingerprint density at radius 2 is 2.00 bits per heavy atom. The van der Waals surface area contributed by atoms with Crippen molar-refractivity contribution < 1.29 is 14.0 Å².